The molecule has 2 aromatic carbocycles. The maximum Gasteiger partial charge on any atom is 0.278 e. The van der Waals surface area contributed by atoms with E-state index in [1.165, 1.54) is 20.3 Å². The van der Waals surface area contributed by atoms with E-state index in [9.17, 15) is 15.4 Å². The Balaban J connectivity index is 2.30. The van der Waals surface area contributed by atoms with Gasteiger partial charge in [-0.1, -0.05) is 12.1 Å². The Morgan fingerprint density at radius 3 is 2.29 bits per heavy atom. The number of ether oxygens (including phenoxy) is 2. The van der Waals surface area contributed by atoms with E-state index in [4.69, 9.17) is 15.2 Å². The summed E-state index contributed by atoms with van der Waals surface area (Å²) in [5, 5.41) is 21.0. The van der Waals surface area contributed by atoms with Crippen LogP contribution in [0.2, 0.25) is 0 Å². The average molecular weight is 376 g/mol. The smallest absolute Gasteiger partial charge is 0.278 e. The summed E-state index contributed by atoms with van der Waals surface area (Å²) in [5.74, 6) is 1.04. The van der Waals surface area contributed by atoms with Gasteiger partial charge < -0.3 is 15.2 Å². The maximum absolute atomic E-state index is 11.4. The molecule has 3 rings (SSSR count). The van der Waals surface area contributed by atoms with Crippen LogP contribution in [0.5, 0.6) is 11.5 Å². The Kier molecular flexibility index (Phi) is 5.09. The standard InChI is InChI=1S/C20H16N4O4/c1-27-13-7-12(8-14(9-13)28-2)16-10-18(23-20(22)17(16)11-21)15-5-3-4-6-19(15)24(25)26/h3-10H,1-2H3,(H2,22,23). The van der Waals surface area contributed by atoms with Crippen LogP contribution in [0.1, 0.15) is 5.56 Å². The molecule has 0 radical (unpaired) electrons. The molecule has 28 heavy (non-hydrogen) atoms. The highest BCUT2D eigenvalue weighted by atomic mass is 16.6. The van der Waals surface area contributed by atoms with Crippen molar-refractivity contribution < 1.29 is 14.4 Å². The lowest BCUT2D eigenvalue weighted by Crippen LogP contribution is -2.01. The first-order valence-electron chi connectivity index (χ1n) is 8.16. The van der Waals surface area contributed by atoms with Gasteiger partial charge in [0.05, 0.1) is 30.4 Å². The molecule has 0 aliphatic carbocycles. The molecule has 8 nitrogen and oxygen atoms in total. The molecule has 2 N–H and O–H groups in total. The Bertz CT molecular complexity index is 1080. The van der Waals surface area contributed by atoms with Crippen LogP contribution in [-0.2, 0) is 0 Å². The molecule has 0 aliphatic heterocycles. The molecular formula is C20H16N4O4. The lowest BCUT2D eigenvalue weighted by atomic mass is 9.97. The largest absolute Gasteiger partial charge is 0.497 e. The van der Waals surface area contributed by atoms with Gasteiger partial charge in [-0.15, -0.1) is 0 Å². The van der Waals surface area contributed by atoms with Gasteiger partial charge in [0.15, 0.2) is 0 Å². The van der Waals surface area contributed by atoms with Crippen molar-refractivity contribution in [1.82, 2.24) is 4.98 Å². The van der Waals surface area contributed by atoms with Crippen molar-refractivity contribution in [3.05, 3.63) is 64.2 Å². The summed E-state index contributed by atoms with van der Waals surface area (Å²) >= 11 is 0. The van der Waals surface area contributed by atoms with E-state index in [0.717, 1.165) is 0 Å². The fraction of sp³-hybridized carbons (Fsp3) is 0.100. The molecule has 3 aromatic rings. The molecule has 140 valence electrons. The highest BCUT2D eigenvalue weighted by Gasteiger charge is 2.20. The summed E-state index contributed by atoms with van der Waals surface area (Å²) in [6, 6.07) is 15.0. The second-order valence-corrected chi connectivity index (χ2v) is 5.80. The Hall–Kier alpha value is -4.12. The lowest BCUT2D eigenvalue weighted by Gasteiger charge is -2.13. The van der Waals surface area contributed by atoms with Gasteiger partial charge in [0.2, 0.25) is 0 Å². The number of aromatic nitrogens is 1. The molecule has 0 fully saturated rings. The van der Waals surface area contributed by atoms with E-state index in [2.05, 4.69) is 11.1 Å². The zero-order chi connectivity index (χ0) is 20.3. The minimum Gasteiger partial charge on any atom is -0.497 e. The molecule has 0 saturated heterocycles. The molecular weight excluding hydrogens is 360 g/mol. The number of nitrogens with two attached hydrogens (primary N) is 1. The maximum atomic E-state index is 11.4. The second kappa shape index (κ2) is 7.63. The molecule has 0 bridgehead atoms. The predicted octanol–water partition coefficient (Wildman–Crippen LogP) is 3.79. The van der Waals surface area contributed by atoms with Gasteiger partial charge in [-0.05, 0) is 29.8 Å². The van der Waals surface area contributed by atoms with Crippen LogP contribution in [0.3, 0.4) is 0 Å². The number of nitriles is 1. The number of pyridine rings is 1. The molecule has 0 spiro atoms. The molecule has 0 saturated carbocycles. The zero-order valence-corrected chi connectivity index (χ0v) is 15.2. The third kappa shape index (κ3) is 3.41. The van der Waals surface area contributed by atoms with Gasteiger partial charge in [0, 0.05) is 17.7 Å². The number of nitrogen functional groups attached to an aromatic ring is 1. The molecule has 0 amide bonds. The first-order valence-corrected chi connectivity index (χ1v) is 8.16. The third-order valence-electron chi connectivity index (χ3n) is 4.20. The number of methoxy groups -OCH3 is 2. The van der Waals surface area contributed by atoms with Gasteiger partial charge in [0.1, 0.15) is 28.9 Å². The normalized spacial score (nSPS) is 10.2. The number of hydrogen-bond donors (Lipinski definition) is 1. The molecule has 1 heterocycles. The predicted molar refractivity (Wildman–Crippen MR) is 104 cm³/mol. The summed E-state index contributed by atoms with van der Waals surface area (Å²) in [6.45, 7) is 0. The average Bonchev–Trinajstić information content (AvgIpc) is 2.72. The van der Waals surface area contributed by atoms with Crippen LogP contribution < -0.4 is 15.2 Å². The highest BCUT2D eigenvalue weighted by Crippen LogP contribution is 2.37. The van der Waals surface area contributed by atoms with Gasteiger partial charge in [0.25, 0.3) is 5.69 Å². The van der Waals surface area contributed by atoms with E-state index >= 15 is 0 Å². The van der Waals surface area contributed by atoms with Crippen LogP contribution in [0, 0.1) is 21.4 Å². The number of nitro groups is 1. The van der Waals surface area contributed by atoms with Crippen LogP contribution >= 0.6 is 0 Å². The van der Waals surface area contributed by atoms with Crippen molar-refractivity contribution >= 4 is 11.5 Å². The number of anilines is 1. The van der Waals surface area contributed by atoms with Gasteiger partial charge in [-0.2, -0.15) is 5.26 Å². The summed E-state index contributed by atoms with van der Waals surface area (Å²) in [7, 11) is 3.03. The third-order valence-corrected chi connectivity index (χ3v) is 4.20. The molecule has 0 aliphatic rings. The van der Waals surface area contributed by atoms with Crippen LogP contribution in [0.15, 0.2) is 48.5 Å². The van der Waals surface area contributed by atoms with Crippen molar-refractivity contribution in [2.45, 2.75) is 0 Å². The Morgan fingerprint density at radius 1 is 1.07 bits per heavy atom. The number of rotatable bonds is 5. The van der Waals surface area contributed by atoms with Crippen molar-refractivity contribution in [2.24, 2.45) is 0 Å². The molecule has 8 heteroatoms. The van der Waals surface area contributed by atoms with E-state index in [0.29, 0.717) is 33.9 Å². The molecule has 1 aromatic heterocycles. The van der Waals surface area contributed by atoms with E-state index in [1.807, 2.05) is 0 Å². The Labute approximate surface area is 160 Å². The fourth-order valence-electron chi connectivity index (χ4n) is 2.86. The van der Waals surface area contributed by atoms with Crippen LogP contribution in [0.4, 0.5) is 11.5 Å². The Morgan fingerprint density at radius 2 is 1.71 bits per heavy atom. The number of benzene rings is 2. The number of para-hydroxylation sites is 1. The summed E-state index contributed by atoms with van der Waals surface area (Å²) in [5.41, 5.74) is 7.75. The lowest BCUT2D eigenvalue weighted by molar-refractivity contribution is -0.384. The van der Waals surface area contributed by atoms with Gasteiger partial charge in [-0.25, -0.2) is 4.98 Å². The van der Waals surface area contributed by atoms with Crippen molar-refractivity contribution in [3.63, 3.8) is 0 Å². The summed E-state index contributed by atoms with van der Waals surface area (Å²) in [4.78, 5) is 15.1. The first kappa shape index (κ1) is 18.7. The van der Waals surface area contributed by atoms with E-state index in [-0.39, 0.29) is 17.1 Å². The van der Waals surface area contributed by atoms with E-state index < -0.39 is 4.92 Å². The number of nitrogens with zero attached hydrogens (tertiary/aromatic N) is 3. The topological polar surface area (TPSA) is 124 Å². The SMILES string of the molecule is COc1cc(OC)cc(-c2cc(-c3ccccc3[N+](=O)[O-])nc(N)c2C#N)c1. The molecule has 0 unspecified atom stereocenters. The fourth-order valence-corrected chi connectivity index (χ4v) is 2.86. The van der Waals surface area contributed by atoms with Gasteiger partial charge >= 0.3 is 0 Å². The van der Waals surface area contributed by atoms with Crippen LogP contribution in [-0.4, -0.2) is 24.1 Å². The van der Waals surface area contributed by atoms with Crippen molar-refractivity contribution in [1.29, 1.82) is 5.26 Å². The minimum atomic E-state index is -0.486. The van der Waals surface area contributed by atoms with Crippen LogP contribution in [0.25, 0.3) is 22.4 Å². The monoisotopic (exact) mass is 376 g/mol. The van der Waals surface area contributed by atoms with Gasteiger partial charge in [-0.3, -0.25) is 10.1 Å². The quantitative estimate of drug-likeness (QED) is 0.530. The second-order valence-electron chi connectivity index (χ2n) is 5.80. The number of nitro benzene ring substituents is 1. The molecule has 0 atom stereocenters. The number of hydrogen-bond acceptors (Lipinski definition) is 7. The minimum absolute atomic E-state index is 0.0186. The summed E-state index contributed by atoms with van der Waals surface area (Å²) in [6.07, 6.45) is 0. The van der Waals surface area contributed by atoms with Crippen molar-refractivity contribution in [3.8, 4) is 40.0 Å². The van der Waals surface area contributed by atoms with Crippen molar-refractivity contribution in [2.75, 3.05) is 20.0 Å². The van der Waals surface area contributed by atoms with E-state index in [1.54, 1.807) is 42.5 Å². The summed E-state index contributed by atoms with van der Waals surface area (Å²) < 4.78 is 10.6. The highest BCUT2D eigenvalue weighted by molar-refractivity contribution is 5.83. The first-order chi connectivity index (χ1) is 13.5. The zero-order valence-electron chi connectivity index (χ0n) is 15.2.